The Morgan fingerprint density at radius 1 is 1.08 bits per heavy atom. The Morgan fingerprint density at radius 3 is 2.46 bits per heavy atom. The average molecular weight is 369 g/mol. The van der Waals surface area contributed by atoms with E-state index in [2.05, 4.69) is 11.4 Å². The number of benzene rings is 2. The van der Waals surface area contributed by atoms with Crippen LogP contribution in [0.25, 0.3) is 0 Å². The van der Waals surface area contributed by atoms with Crippen LogP contribution in [0.2, 0.25) is 0 Å². The molecule has 1 amide bonds. The van der Waals surface area contributed by atoms with Gasteiger partial charge in [0.15, 0.2) is 12.4 Å². The molecule has 0 heterocycles. The first-order chi connectivity index (χ1) is 12.6. The zero-order valence-electron chi connectivity index (χ0n) is 14.9. The molecule has 0 aromatic heterocycles. The van der Waals surface area contributed by atoms with Crippen LogP contribution in [0, 0.1) is 0 Å². The zero-order chi connectivity index (χ0) is 18.4. The van der Waals surface area contributed by atoms with Crippen LogP contribution in [0.3, 0.4) is 0 Å². The lowest BCUT2D eigenvalue weighted by Gasteiger charge is -2.14. The Kier molecular flexibility index (Phi) is 6.34. The predicted molar refractivity (Wildman–Crippen MR) is 105 cm³/mol. The summed E-state index contributed by atoms with van der Waals surface area (Å²) in [7, 11) is 0. The molecule has 0 saturated heterocycles. The minimum atomic E-state index is -0.194. The third-order valence-corrected chi connectivity index (χ3v) is 5.80. The van der Waals surface area contributed by atoms with E-state index in [4.69, 9.17) is 4.74 Å². The fourth-order valence-corrected chi connectivity index (χ4v) is 4.31. The molecule has 0 unspecified atom stereocenters. The van der Waals surface area contributed by atoms with Gasteiger partial charge < -0.3 is 10.1 Å². The second-order valence-electron chi connectivity index (χ2n) is 6.44. The van der Waals surface area contributed by atoms with Gasteiger partial charge in [0.05, 0.1) is 5.69 Å². The monoisotopic (exact) mass is 369 g/mol. The van der Waals surface area contributed by atoms with Crippen LogP contribution in [0.1, 0.15) is 43.0 Å². The van der Waals surface area contributed by atoms with Crippen molar-refractivity contribution < 1.29 is 14.3 Å². The SMILES string of the molecule is CC(=O)c1ccc(OCC(=O)Nc2ccccc2SC2CCCC2)cc1. The summed E-state index contributed by atoms with van der Waals surface area (Å²) in [5.74, 6) is 0.379. The van der Waals surface area contributed by atoms with Crippen molar-refractivity contribution in [2.75, 3.05) is 11.9 Å². The maximum absolute atomic E-state index is 12.3. The fourth-order valence-electron chi connectivity index (χ4n) is 2.98. The van der Waals surface area contributed by atoms with E-state index in [1.807, 2.05) is 30.0 Å². The quantitative estimate of drug-likeness (QED) is 0.702. The number of thioether (sulfide) groups is 1. The highest BCUT2D eigenvalue weighted by atomic mass is 32.2. The minimum Gasteiger partial charge on any atom is -0.484 e. The molecule has 3 rings (SSSR count). The molecule has 1 aliphatic carbocycles. The van der Waals surface area contributed by atoms with Gasteiger partial charge in [0, 0.05) is 15.7 Å². The summed E-state index contributed by atoms with van der Waals surface area (Å²) in [6.45, 7) is 1.45. The number of Topliss-reactive ketones (excluding diaryl/α,β-unsaturated/α-hetero) is 1. The number of nitrogens with one attached hydrogen (secondary N) is 1. The smallest absolute Gasteiger partial charge is 0.262 e. The highest BCUT2D eigenvalue weighted by molar-refractivity contribution is 8.00. The molecular weight excluding hydrogens is 346 g/mol. The van der Waals surface area contributed by atoms with E-state index in [1.54, 1.807) is 24.3 Å². The maximum atomic E-state index is 12.3. The second-order valence-corrected chi connectivity index (χ2v) is 7.78. The number of rotatable bonds is 7. The van der Waals surface area contributed by atoms with Gasteiger partial charge in [-0.05, 0) is 56.2 Å². The van der Waals surface area contributed by atoms with E-state index >= 15 is 0 Å². The fraction of sp³-hybridized carbons (Fsp3) is 0.333. The van der Waals surface area contributed by atoms with E-state index in [-0.39, 0.29) is 18.3 Å². The van der Waals surface area contributed by atoms with Crippen molar-refractivity contribution in [3.05, 3.63) is 54.1 Å². The number of hydrogen-bond acceptors (Lipinski definition) is 4. The molecule has 1 saturated carbocycles. The summed E-state index contributed by atoms with van der Waals surface area (Å²) in [6, 6.07) is 14.7. The Labute approximate surface area is 158 Å². The lowest BCUT2D eigenvalue weighted by atomic mass is 10.1. The molecule has 1 N–H and O–H groups in total. The summed E-state index contributed by atoms with van der Waals surface area (Å²) in [6.07, 6.45) is 5.07. The number of hydrogen-bond donors (Lipinski definition) is 1. The first kappa shape index (κ1) is 18.5. The Balaban J connectivity index is 1.55. The number of ketones is 1. The van der Waals surface area contributed by atoms with Crippen LogP contribution in [-0.4, -0.2) is 23.5 Å². The summed E-state index contributed by atoms with van der Waals surface area (Å²) in [5.41, 5.74) is 1.46. The van der Waals surface area contributed by atoms with Gasteiger partial charge in [0.25, 0.3) is 5.91 Å². The Bertz CT molecular complexity index is 767. The molecule has 2 aromatic carbocycles. The molecule has 2 aromatic rings. The molecule has 0 atom stereocenters. The molecule has 4 nitrogen and oxygen atoms in total. The molecule has 26 heavy (non-hydrogen) atoms. The lowest BCUT2D eigenvalue weighted by molar-refractivity contribution is -0.118. The third-order valence-electron chi connectivity index (χ3n) is 4.39. The standard InChI is InChI=1S/C21H23NO3S/c1-15(23)16-10-12-17(13-11-16)25-14-21(24)22-19-8-4-5-9-20(19)26-18-6-2-3-7-18/h4-5,8-13,18H,2-3,6-7,14H2,1H3,(H,22,24). The van der Waals surface area contributed by atoms with Crippen LogP contribution in [0.15, 0.2) is 53.4 Å². The van der Waals surface area contributed by atoms with Crippen LogP contribution in [-0.2, 0) is 4.79 Å². The van der Waals surface area contributed by atoms with E-state index < -0.39 is 0 Å². The van der Waals surface area contributed by atoms with Crippen molar-refractivity contribution in [1.82, 2.24) is 0 Å². The molecule has 136 valence electrons. The average Bonchev–Trinajstić information content (AvgIpc) is 3.15. The largest absolute Gasteiger partial charge is 0.484 e. The number of carbonyl (C=O) groups excluding carboxylic acids is 2. The molecular formula is C21H23NO3S. The number of amides is 1. The summed E-state index contributed by atoms with van der Waals surface area (Å²) in [5, 5.41) is 3.59. The Morgan fingerprint density at radius 2 is 1.77 bits per heavy atom. The maximum Gasteiger partial charge on any atom is 0.262 e. The summed E-state index contributed by atoms with van der Waals surface area (Å²) >= 11 is 1.85. The second kappa shape index (κ2) is 8.90. The molecule has 0 aliphatic heterocycles. The third kappa shape index (κ3) is 5.11. The number of carbonyl (C=O) groups is 2. The van der Waals surface area contributed by atoms with Crippen molar-refractivity contribution in [2.24, 2.45) is 0 Å². The van der Waals surface area contributed by atoms with Crippen LogP contribution < -0.4 is 10.1 Å². The molecule has 1 aliphatic rings. The lowest BCUT2D eigenvalue weighted by Crippen LogP contribution is -2.20. The highest BCUT2D eigenvalue weighted by Crippen LogP contribution is 2.37. The number of para-hydroxylation sites is 1. The van der Waals surface area contributed by atoms with Crippen LogP contribution in [0.5, 0.6) is 5.75 Å². The molecule has 5 heteroatoms. The zero-order valence-corrected chi connectivity index (χ0v) is 15.7. The van der Waals surface area contributed by atoms with Gasteiger partial charge in [-0.15, -0.1) is 11.8 Å². The van der Waals surface area contributed by atoms with Crippen molar-refractivity contribution in [3.8, 4) is 5.75 Å². The summed E-state index contributed by atoms with van der Waals surface area (Å²) in [4.78, 5) is 24.6. The van der Waals surface area contributed by atoms with Crippen molar-refractivity contribution in [3.63, 3.8) is 0 Å². The Hall–Kier alpha value is -2.27. The topological polar surface area (TPSA) is 55.4 Å². The van der Waals surface area contributed by atoms with E-state index in [0.717, 1.165) is 10.6 Å². The summed E-state index contributed by atoms with van der Waals surface area (Å²) < 4.78 is 5.52. The molecule has 1 fully saturated rings. The van der Waals surface area contributed by atoms with Crippen LogP contribution >= 0.6 is 11.8 Å². The number of anilines is 1. The van der Waals surface area contributed by atoms with E-state index in [1.165, 1.54) is 32.6 Å². The van der Waals surface area contributed by atoms with Crippen LogP contribution in [0.4, 0.5) is 5.69 Å². The molecule has 0 spiro atoms. The van der Waals surface area contributed by atoms with Gasteiger partial charge in [-0.1, -0.05) is 25.0 Å². The first-order valence-electron chi connectivity index (χ1n) is 8.91. The molecule has 0 radical (unpaired) electrons. The number of ether oxygens (including phenoxy) is 1. The van der Waals surface area contributed by atoms with Crippen molar-refractivity contribution in [1.29, 1.82) is 0 Å². The van der Waals surface area contributed by atoms with Gasteiger partial charge in [0.1, 0.15) is 5.75 Å². The van der Waals surface area contributed by atoms with Crippen molar-refractivity contribution in [2.45, 2.75) is 42.8 Å². The minimum absolute atomic E-state index is 0.00524. The molecule has 0 bridgehead atoms. The predicted octanol–water partition coefficient (Wildman–Crippen LogP) is 4.94. The highest BCUT2D eigenvalue weighted by Gasteiger charge is 2.18. The van der Waals surface area contributed by atoms with Gasteiger partial charge in [-0.3, -0.25) is 9.59 Å². The van der Waals surface area contributed by atoms with E-state index in [9.17, 15) is 9.59 Å². The van der Waals surface area contributed by atoms with Gasteiger partial charge >= 0.3 is 0 Å². The van der Waals surface area contributed by atoms with Gasteiger partial charge in [-0.25, -0.2) is 0 Å². The van der Waals surface area contributed by atoms with Gasteiger partial charge in [0.2, 0.25) is 0 Å². The van der Waals surface area contributed by atoms with E-state index in [0.29, 0.717) is 16.6 Å². The van der Waals surface area contributed by atoms with Gasteiger partial charge in [-0.2, -0.15) is 0 Å². The van der Waals surface area contributed by atoms with Crippen molar-refractivity contribution >= 4 is 29.1 Å². The first-order valence-corrected chi connectivity index (χ1v) is 9.79. The normalized spacial score (nSPS) is 14.2.